The summed E-state index contributed by atoms with van der Waals surface area (Å²) >= 11 is 0. The van der Waals surface area contributed by atoms with Gasteiger partial charge in [-0.15, -0.1) is 0 Å². The highest BCUT2D eigenvalue weighted by Crippen LogP contribution is 2.30. The summed E-state index contributed by atoms with van der Waals surface area (Å²) in [5.41, 5.74) is -0.549. The number of halogens is 4. The number of nitriles is 1. The van der Waals surface area contributed by atoms with Crippen molar-refractivity contribution >= 4 is 0 Å². The van der Waals surface area contributed by atoms with Crippen molar-refractivity contribution in [1.29, 1.82) is 5.26 Å². The summed E-state index contributed by atoms with van der Waals surface area (Å²) in [4.78, 5) is 3.74. The van der Waals surface area contributed by atoms with Gasteiger partial charge in [-0.1, -0.05) is 12.1 Å². The summed E-state index contributed by atoms with van der Waals surface area (Å²) in [7, 11) is 0. The Kier molecular flexibility index (Phi) is 3.21. The Morgan fingerprint density at radius 3 is 2.16 bits per heavy atom. The topological polar surface area (TPSA) is 36.7 Å². The van der Waals surface area contributed by atoms with Crippen LogP contribution in [0.15, 0.2) is 36.4 Å². The predicted octanol–water partition coefficient (Wildman–Crippen LogP) is 3.78. The molecule has 2 aromatic rings. The Morgan fingerprint density at radius 2 is 1.63 bits per heavy atom. The smallest absolute Gasteiger partial charge is 0.234 e. The van der Waals surface area contributed by atoms with E-state index in [-0.39, 0.29) is 5.69 Å². The molecule has 0 aliphatic carbocycles. The van der Waals surface area contributed by atoms with Crippen molar-refractivity contribution in [2.24, 2.45) is 0 Å². The van der Waals surface area contributed by atoms with Crippen LogP contribution in [0.4, 0.5) is 17.6 Å². The molecule has 1 aromatic carbocycles. The molecule has 6 heteroatoms. The van der Waals surface area contributed by atoms with E-state index in [4.69, 9.17) is 5.26 Å². The van der Waals surface area contributed by atoms with Crippen molar-refractivity contribution in [3.8, 4) is 17.3 Å². The first-order chi connectivity index (χ1) is 8.91. The maximum Gasteiger partial charge on any atom is 0.416 e. The van der Waals surface area contributed by atoms with E-state index in [1.165, 1.54) is 18.2 Å². The molecule has 1 heterocycles. The van der Waals surface area contributed by atoms with Gasteiger partial charge in [-0.25, -0.2) is 9.37 Å². The Morgan fingerprint density at radius 1 is 1.00 bits per heavy atom. The molecule has 0 aliphatic heterocycles. The van der Waals surface area contributed by atoms with Gasteiger partial charge in [-0.2, -0.15) is 18.4 Å². The number of hydrogen-bond acceptors (Lipinski definition) is 2. The fourth-order valence-electron chi connectivity index (χ4n) is 1.51. The number of aromatic nitrogens is 1. The average Bonchev–Trinajstić information content (AvgIpc) is 2.38. The molecular formula is C13H6F4N2. The molecule has 0 atom stereocenters. The minimum absolute atomic E-state index is 0.242. The first-order valence-electron chi connectivity index (χ1n) is 5.16. The number of nitrogens with zero attached hydrogens (tertiary/aromatic N) is 2. The fourth-order valence-corrected chi connectivity index (χ4v) is 1.51. The van der Waals surface area contributed by atoms with E-state index in [2.05, 4.69) is 4.98 Å². The zero-order valence-corrected chi connectivity index (χ0v) is 9.37. The summed E-state index contributed by atoms with van der Waals surface area (Å²) in [6.45, 7) is 0. The minimum atomic E-state index is -4.41. The van der Waals surface area contributed by atoms with E-state index in [0.717, 1.165) is 18.2 Å². The van der Waals surface area contributed by atoms with Crippen LogP contribution in [0.1, 0.15) is 11.3 Å². The van der Waals surface area contributed by atoms with Crippen LogP contribution in [-0.2, 0) is 6.18 Å². The fraction of sp³-hybridized carbons (Fsp3) is 0.0769. The molecule has 0 saturated carbocycles. The Hall–Kier alpha value is -2.42. The first-order valence-corrected chi connectivity index (χ1v) is 5.16. The maximum absolute atomic E-state index is 13.1. The summed E-state index contributed by atoms with van der Waals surface area (Å²) in [6, 6.07) is 8.20. The maximum atomic E-state index is 13.1. The summed E-state index contributed by atoms with van der Waals surface area (Å²) in [5.74, 6) is -0.766. The van der Waals surface area contributed by atoms with E-state index in [9.17, 15) is 17.6 Å². The van der Waals surface area contributed by atoms with E-state index >= 15 is 0 Å². The minimum Gasteiger partial charge on any atom is -0.234 e. The molecule has 0 saturated heterocycles. The molecule has 2 nitrogen and oxygen atoms in total. The van der Waals surface area contributed by atoms with E-state index < -0.39 is 23.3 Å². The number of alkyl halides is 3. The summed E-state index contributed by atoms with van der Waals surface area (Å²) in [5, 5.41) is 8.64. The van der Waals surface area contributed by atoms with Crippen LogP contribution in [0, 0.1) is 17.1 Å². The second-order valence-corrected chi connectivity index (χ2v) is 3.71. The van der Waals surface area contributed by atoms with Gasteiger partial charge in [0.15, 0.2) is 11.5 Å². The number of pyridine rings is 1. The lowest BCUT2D eigenvalue weighted by atomic mass is 10.1. The highest BCUT2D eigenvalue weighted by Gasteiger charge is 2.30. The Bertz CT molecular complexity index is 639. The van der Waals surface area contributed by atoms with Gasteiger partial charge in [0.2, 0.25) is 0 Å². The standard InChI is InChI=1S/C13H6F4N2/c14-10-5-6-11(19-12(10)7-18)8-1-3-9(4-2-8)13(15,16)17/h1-6H. The van der Waals surface area contributed by atoms with Crippen LogP contribution in [0.2, 0.25) is 0 Å². The van der Waals surface area contributed by atoms with E-state index in [1.807, 2.05) is 0 Å². The van der Waals surface area contributed by atoms with Crippen LogP contribution < -0.4 is 0 Å². The van der Waals surface area contributed by atoms with Crippen molar-refractivity contribution in [2.75, 3.05) is 0 Å². The Labute approximate surface area is 105 Å². The third-order valence-electron chi connectivity index (χ3n) is 2.46. The molecule has 0 unspecified atom stereocenters. The molecule has 0 radical (unpaired) electrons. The van der Waals surface area contributed by atoms with Gasteiger partial charge in [-0.3, -0.25) is 0 Å². The largest absolute Gasteiger partial charge is 0.416 e. The van der Waals surface area contributed by atoms with Crippen molar-refractivity contribution in [3.05, 3.63) is 53.5 Å². The molecular weight excluding hydrogens is 260 g/mol. The molecule has 2 rings (SSSR count). The van der Waals surface area contributed by atoms with Crippen LogP contribution >= 0.6 is 0 Å². The zero-order chi connectivity index (χ0) is 14.0. The second-order valence-electron chi connectivity index (χ2n) is 3.71. The number of hydrogen-bond donors (Lipinski definition) is 0. The van der Waals surface area contributed by atoms with Crippen LogP contribution in [0.5, 0.6) is 0 Å². The van der Waals surface area contributed by atoms with Gasteiger partial charge in [0.1, 0.15) is 6.07 Å². The highest BCUT2D eigenvalue weighted by atomic mass is 19.4. The van der Waals surface area contributed by atoms with Crippen LogP contribution in [0.25, 0.3) is 11.3 Å². The molecule has 19 heavy (non-hydrogen) atoms. The van der Waals surface area contributed by atoms with E-state index in [1.54, 1.807) is 6.07 Å². The number of rotatable bonds is 1. The van der Waals surface area contributed by atoms with Gasteiger partial charge in [-0.05, 0) is 24.3 Å². The van der Waals surface area contributed by atoms with Crippen molar-refractivity contribution in [3.63, 3.8) is 0 Å². The zero-order valence-electron chi connectivity index (χ0n) is 9.37. The lowest BCUT2D eigenvalue weighted by Crippen LogP contribution is -2.04. The van der Waals surface area contributed by atoms with Gasteiger partial charge < -0.3 is 0 Å². The molecule has 0 fully saturated rings. The van der Waals surface area contributed by atoms with Crippen molar-refractivity contribution in [2.45, 2.75) is 6.18 Å². The molecule has 0 spiro atoms. The highest BCUT2D eigenvalue weighted by molar-refractivity contribution is 5.60. The lowest BCUT2D eigenvalue weighted by Gasteiger charge is -2.07. The predicted molar refractivity (Wildman–Crippen MR) is 59.3 cm³/mol. The summed E-state index contributed by atoms with van der Waals surface area (Å²) in [6.07, 6.45) is -4.41. The SMILES string of the molecule is N#Cc1nc(-c2ccc(C(F)(F)F)cc2)ccc1F. The molecule has 0 N–H and O–H groups in total. The molecule has 0 amide bonds. The third-order valence-corrected chi connectivity index (χ3v) is 2.46. The average molecular weight is 266 g/mol. The van der Waals surface area contributed by atoms with Gasteiger partial charge in [0, 0.05) is 5.56 Å². The number of benzene rings is 1. The van der Waals surface area contributed by atoms with Crippen molar-refractivity contribution < 1.29 is 17.6 Å². The van der Waals surface area contributed by atoms with Crippen molar-refractivity contribution in [1.82, 2.24) is 4.98 Å². The quantitative estimate of drug-likeness (QED) is 0.736. The van der Waals surface area contributed by atoms with Gasteiger partial charge >= 0.3 is 6.18 Å². The monoisotopic (exact) mass is 266 g/mol. The van der Waals surface area contributed by atoms with Gasteiger partial charge in [0.05, 0.1) is 11.3 Å². The molecule has 96 valence electrons. The lowest BCUT2D eigenvalue weighted by molar-refractivity contribution is -0.137. The van der Waals surface area contributed by atoms with Gasteiger partial charge in [0.25, 0.3) is 0 Å². The molecule has 0 aliphatic rings. The van der Waals surface area contributed by atoms with E-state index in [0.29, 0.717) is 5.56 Å². The van der Waals surface area contributed by atoms with Crippen LogP contribution in [0.3, 0.4) is 0 Å². The molecule has 1 aromatic heterocycles. The summed E-state index contributed by atoms with van der Waals surface area (Å²) < 4.78 is 50.2. The first kappa shape index (κ1) is 13.0. The third kappa shape index (κ3) is 2.71. The van der Waals surface area contributed by atoms with Crippen LogP contribution in [-0.4, -0.2) is 4.98 Å². The normalized spacial score (nSPS) is 11.1. The molecule has 0 bridgehead atoms. The second kappa shape index (κ2) is 4.69. The Balaban J connectivity index is 2.41.